The van der Waals surface area contributed by atoms with Crippen LogP contribution < -0.4 is 5.56 Å². The maximum Gasteiger partial charge on any atom is 0.321 e. The summed E-state index contributed by atoms with van der Waals surface area (Å²) in [6.45, 7) is 0.0818. The second-order valence-electron chi connectivity index (χ2n) is 8.46. The van der Waals surface area contributed by atoms with Gasteiger partial charge in [0, 0.05) is 48.4 Å². The Bertz CT molecular complexity index is 1230. The summed E-state index contributed by atoms with van der Waals surface area (Å²) >= 11 is 0. The number of aliphatic carboxylic acids is 1. The van der Waals surface area contributed by atoms with Crippen LogP contribution in [0, 0.1) is 17.7 Å². The molecule has 1 saturated heterocycles. The van der Waals surface area contributed by atoms with Gasteiger partial charge in [-0.3, -0.25) is 14.5 Å². The Balaban J connectivity index is 1.61. The lowest BCUT2D eigenvalue weighted by atomic mass is 9.88. The van der Waals surface area contributed by atoms with Crippen molar-refractivity contribution in [2.45, 2.75) is 25.2 Å². The fourth-order valence-electron chi connectivity index (χ4n) is 5.43. The SMILES string of the molecule is O=C(O)[C@H]1[C@H](CO)[C@H]2Cn3c(ccc(-c4ccccc4)c3=O)[C@H]2N1Cc1ccccc1F. The number of nitrogens with zero attached hydrogens (tertiary/aromatic N) is 2. The molecule has 0 bridgehead atoms. The Hall–Kier alpha value is -3.29. The van der Waals surface area contributed by atoms with Crippen molar-refractivity contribution in [3.8, 4) is 11.1 Å². The zero-order valence-electron chi connectivity index (χ0n) is 17.3. The van der Waals surface area contributed by atoms with Crippen molar-refractivity contribution in [2.75, 3.05) is 6.61 Å². The molecule has 2 aliphatic heterocycles. The Morgan fingerprint density at radius 2 is 1.75 bits per heavy atom. The van der Waals surface area contributed by atoms with Gasteiger partial charge in [0.15, 0.2) is 0 Å². The number of halogens is 1. The fraction of sp³-hybridized carbons (Fsp3) is 0.280. The monoisotopic (exact) mass is 434 g/mol. The summed E-state index contributed by atoms with van der Waals surface area (Å²) < 4.78 is 16.1. The van der Waals surface area contributed by atoms with E-state index in [0.29, 0.717) is 23.4 Å². The number of carbonyl (C=O) groups is 1. The summed E-state index contributed by atoms with van der Waals surface area (Å²) in [5.41, 5.74) is 2.34. The normalized spacial score (nSPS) is 24.3. The van der Waals surface area contributed by atoms with Gasteiger partial charge in [-0.1, -0.05) is 48.5 Å². The molecule has 1 aromatic heterocycles. The molecule has 0 saturated carbocycles. The largest absolute Gasteiger partial charge is 0.480 e. The van der Waals surface area contributed by atoms with Gasteiger partial charge in [0.05, 0.1) is 6.04 Å². The minimum absolute atomic E-state index is 0.0793. The number of hydrogen-bond acceptors (Lipinski definition) is 4. The number of pyridine rings is 1. The summed E-state index contributed by atoms with van der Waals surface area (Å²) in [6.07, 6.45) is 0. The summed E-state index contributed by atoms with van der Waals surface area (Å²) in [6, 6.07) is 17.9. The molecular formula is C25H23FN2O4. The molecule has 3 aromatic rings. The number of aromatic nitrogens is 1. The van der Waals surface area contributed by atoms with Crippen LogP contribution in [0.5, 0.6) is 0 Å². The van der Waals surface area contributed by atoms with Crippen LogP contribution in [0.15, 0.2) is 71.5 Å². The van der Waals surface area contributed by atoms with Crippen LogP contribution in [-0.2, 0) is 17.9 Å². The first kappa shape index (κ1) is 20.6. The van der Waals surface area contributed by atoms with E-state index in [2.05, 4.69) is 0 Å². The lowest BCUT2D eigenvalue weighted by Gasteiger charge is -2.29. The van der Waals surface area contributed by atoms with Crippen LogP contribution in [0.3, 0.4) is 0 Å². The third-order valence-electron chi connectivity index (χ3n) is 6.84. The fourth-order valence-corrected chi connectivity index (χ4v) is 5.43. The molecular weight excluding hydrogens is 411 g/mol. The van der Waals surface area contributed by atoms with E-state index in [9.17, 15) is 24.2 Å². The van der Waals surface area contributed by atoms with E-state index < -0.39 is 29.8 Å². The van der Waals surface area contributed by atoms with E-state index in [1.54, 1.807) is 33.7 Å². The molecule has 2 aliphatic rings. The number of rotatable bonds is 5. The van der Waals surface area contributed by atoms with Crippen LogP contribution in [-0.4, -0.2) is 38.3 Å². The highest BCUT2D eigenvalue weighted by atomic mass is 19.1. The third kappa shape index (κ3) is 3.16. The molecule has 164 valence electrons. The minimum Gasteiger partial charge on any atom is -0.480 e. The van der Waals surface area contributed by atoms with Gasteiger partial charge in [-0.05, 0) is 23.8 Å². The quantitative estimate of drug-likeness (QED) is 0.645. The van der Waals surface area contributed by atoms with Crippen molar-refractivity contribution in [3.05, 3.63) is 94.2 Å². The maximum atomic E-state index is 14.4. The number of hydrogen-bond donors (Lipinski definition) is 2. The highest BCUT2D eigenvalue weighted by Gasteiger charge is 2.55. The van der Waals surface area contributed by atoms with Crippen molar-refractivity contribution < 1.29 is 19.4 Å². The Morgan fingerprint density at radius 1 is 1.03 bits per heavy atom. The number of carboxylic acids is 1. The predicted molar refractivity (Wildman–Crippen MR) is 116 cm³/mol. The standard InChI is InChI=1S/C25H23FN2O4/c26-20-9-5-4-8-16(20)12-28-22-18(19(14-29)23(28)25(31)32)13-27-21(22)11-10-17(24(27)30)15-6-2-1-3-7-15/h1-11,18-19,22-23,29H,12-14H2,(H,31,32)/t18-,19-,22+,23-/m1/s1. The minimum atomic E-state index is -1.05. The second-order valence-corrected chi connectivity index (χ2v) is 8.46. The van der Waals surface area contributed by atoms with Crippen molar-refractivity contribution in [1.29, 1.82) is 0 Å². The Labute approximate surface area is 184 Å². The molecule has 0 spiro atoms. The van der Waals surface area contributed by atoms with Crippen LogP contribution in [0.4, 0.5) is 4.39 Å². The van der Waals surface area contributed by atoms with Gasteiger partial charge >= 0.3 is 5.97 Å². The Morgan fingerprint density at radius 3 is 2.44 bits per heavy atom. The smallest absolute Gasteiger partial charge is 0.321 e. The van der Waals surface area contributed by atoms with Crippen molar-refractivity contribution in [3.63, 3.8) is 0 Å². The first-order chi connectivity index (χ1) is 15.5. The molecule has 3 heterocycles. The molecule has 0 amide bonds. The average Bonchev–Trinajstić information content (AvgIpc) is 3.32. The van der Waals surface area contributed by atoms with Gasteiger partial charge in [0.1, 0.15) is 11.9 Å². The maximum absolute atomic E-state index is 14.4. The van der Waals surface area contributed by atoms with Gasteiger partial charge in [-0.25, -0.2) is 4.39 Å². The Kier molecular flexibility index (Phi) is 5.15. The number of aliphatic hydroxyl groups excluding tert-OH is 1. The van der Waals surface area contributed by atoms with E-state index in [0.717, 1.165) is 5.56 Å². The molecule has 0 aliphatic carbocycles. The van der Waals surface area contributed by atoms with Crippen molar-refractivity contribution in [2.24, 2.45) is 11.8 Å². The zero-order chi connectivity index (χ0) is 22.4. The van der Waals surface area contributed by atoms with Crippen LogP contribution in [0.25, 0.3) is 11.1 Å². The molecule has 1 fully saturated rings. The van der Waals surface area contributed by atoms with Crippen LogP contribution >= 0.6 is 0 Å². The highest BCUT2D eigenvalue weighted by molar-refractivity contribution is 5.75. The molecule has 7 heteroatoms. The summed E-state index contributed by atoms with van der Waals surface area (Å²) in [7, 11) is 0. The molecule has 2 N–H and O–H groups in total. The molecule has 5 rings (SSSR count). The van der Waals surface area contributed by atoms with Gasteiger partial charge < -0.3 is 14.8 Å². The predicted octanol–water partition coefficient (Wildman–Crippen LogP) is 2.90. The zero-order valence-corrected chi connectivity index (χ0v) is 17.3. The number of benzene rings is 2. The van der Waals surface area contributed by atoms with E-state index in [4.69, 9.17) is 0 Å². The molecule has 32 heavy (non-hydrogen) atoms. The number of fused-ring (bicyclic) bond motifs is 3. The number of likely N-dealkylation sites (tertiary alicyclic amines) is 1. The van der Waals surface area contributed by atoms with E-state index in [-0.39, 0.29) is 24.6 Å². The first-order valence-corrected chi connectivity index (χ1v) is 10.6. The van der Waals surface area contributed by atoms with E-state index in [1.807, 2.05) is 36.4 Å². The summed E-state index contributed by atoms with van der Waals surface area (Å²) in [5, 5.41) is 20.1. The molecule has 0 unspecified atom stereocenters. The molecule has 2 aromatic carbocycles. The summed E-state index contributed by atoms with van der Waals surface area (Å²) in [5.74, 6) is -2.28. The lowest BCUT2D eigenvalue weighted by molar-refractivity contribution is -0.145. The van der Waals surface area contributed by atoms with Gasteiger partial charge in [-0.2, -0.15) is 0 Å². The molecule has 6 nitrogen and oxygen atoms in total. The van der Waals surface area contributed by atoms with E-state index >= 15 is 0 Å². The van der Waals surface area contributed by atoms with Crippen LogP contribution in [0.1, 0.15) is 17.3 Å². The second kappa shape index (κ2) is 8.00. The van der Waals surface area contributed by atoms with E-state index in [1.165, 1.54) is 6.07 Å². The van der Waals surface area contributed by atoms with Crippen LogP contribution in [0.2, 0.25) is 0 Å². The molecule has 4 atom stereocenters. The number of carboxylic acid groups (broad SMARTS) is 1. The molecule has 0 radical (unpaired) electrons. The highest BCUT2D eigenvalue weighted by Crippen LogP contribution is 2.50. The third-order valence-corrected chi connectivity index (χ3v) is 6.84. The van der Waals surface area contributed by atoms with Crippen molar-refractivity contribution >= 4 is 5.97 Å². The van der Waals surface area contributed by atoms with Gasteiger partial charge in [-0.15, -0.1) is 0 Å². The number of aliphatic hydroxyl groups is 1. The first-order valence-electron chi connectivity index (χ1n) is 10.6. The topological polar surface area (TPSA) is 82.8 Å². The average molecular weight is 434 g/mol. The lowest BCUT2D eigenvalue weighted by Crippen LogP contribution is -2.42. The summed E-state index contributed by atoms with van der Waals surface area (Å²) in [4.78, 5) is 27.2. The van der Waals surface area contributed by atoms with Gasteiger partial charge in [0.2, 0.25) is 0 Å². The van der Waals surface area contributed by atoms with Crippen molar-refractivity contribution in [1.82, 2.24) is 9.47 Å². The van der Waals surface area contributed by atoms with Gasteiger partial charge in [0.25, 0.3) is 5.56 Å².